The number of benzene rings is 2. The summed E-state index contributed by atoms with van der Waals surface area (Å²) in [5, 5.41) is 4.63. The molecule has 1 amide bonds. The molecule has 0 bridgehead atoms. The molecule has 0 aliphatic rings. The van der Waals surface area contributed by atoms with Crippen LogP contribution in [-0.2, 0) is 11.3 Å². The molecule has 5 nitrogen and oxygen atoms in total. The fourth-order valence-electron chi connectivity index (χ4n) is 3.12. The number of nitrogens with zero attached hydrogens (tertiary/aromatic N) is 3. The van der Waals surface area contributed by atoms with Crippen LogP contribution >= 0.6 is 11.3 Å². The molecular weight excluding hydrogens is 382 g/mol. The Balaban J connectivity index is 1.61. The second-order valence-corrected chi connectivity index (χ2v) is 7.06. The molecule has 0 spiro atoms. The number of aromatic nitrogens is 3. The topological polar surface area (TPSA) is 59.8 Å². The van der Waals surface area contributed by atoms with Crippen molar-refractivity contribution in [1.82, 2.24) is 19.9 Å². The van der Waals surface area contributed by atoms with E-state index in [0.717, 1.165) is 17.1 Å². The summed E-state index contributed by atoms with van der Waals surface area (Å²) in [7, 11) is 0. The number of rotatable bonds is 5. The molecule has 0 aliphatic heterocycles. The molecule has 4 rings (SSSR count). The van der Waals surface area contributed by atoms with Gasteiger partial charge in [0.15, 0.2) is 5.82 Å². The Hall–Kier alpha value is -3.13. The van der Waals surface area contributed by atoms with Gasteiger partial charge in [0.05, 0.1) is 22.6 Å². The number of nitrogens with one attached hydrogen (secondary N) is 1. The zero-order chi connectivity index (χ0) is 19.7. The molecule has 2 aromatic carbocycles. The molecule has 0 aliphatic carbocycles. The van der Waals surface area contributed by atoms with E-state index >= 15 is 0 Å². The summed E-state index contributed by atoms with van der Waals surface area (Å²) in [6.07, 6.45) is 0. The van der Waals surface area contributed by atoms with Gasteiger partial charge in [-0.2, -0.15) is 0 Å². The second-order valence-electron chi connectivity index (χ2n) is 6.34. The minimum atomic E-state index is -0.691. The molecule has 0 radical (unpaired) electrons. The predicted octanol–water partition coefficient (Wildman–Crippen LogP) is 4.32. The number of thiazole rings is 1. The summed E-state index contributed by atoms with van der Waals surface area (Å²) >= 11 is 1.45. The average Bonchev–Trinajstić information content (AvgIpc) is 3.30. The van der Waals surface area contributed by atoms with Crippen molar-refractivity contribution >= 4 is 28.3 Å². The number of carbonyl (C=O) groups excluding carboxylic acids is 1. The number of hydrogen-bond donors (Lipinski definition) is 1. The SMILES string of the molecule is C[C@H](NC(=O)Cn1c(-c2cscn2)nc2ccccc21)c1ccc(F)cc1F. The lowest BCUT2D eigenvalue weighted by Gasteiger charge is -2.16. The van der Waals surface area contributed by atoms with Crippen LogP contribution in [0, 0.1) is 11.6 Å². The van der Waals surface area contributed by atoms with Crippen LogP contribution in [0.25, 0.3) is 22.6 Å². The zero-order valence-electron chi connectivity index (χ0n) is 14.9. The van der Waals surface area contributed by atoms with Crippen LogP contribution in [0.3, 0.4) is 0 Å². The quantitative estimate of drug-likeness (QED) is 0.545. The zero-order valence-corrected chi connectivity index (χ0v) is 15.7. The first-order chi connectivity index (χ1) is 13.5. The first-order valence-electron chi connectivity index (χ1n) is 8.61. The van der Waals surface area contributed by atoms with Gasteiger partial charge in [-0.25, -0.2) is 18.7 Å². The third kappa shape index (κ3) is 3.50. The largest absolute Gasteiger partial charge is 0.348 e. The summed E-state index contributed by atoms with van der Waals surface area (Å²) in [6.45, 7) is 1.65. The van der Waals surface area contributed by atoms with Crippen LogP contribution in [0.15, 0.2) is 53.4 Å². The van der Waals surface area contributed by atoms with E-state index in [4.69, 9.17) is 0 Å². The van der Waals surface area contributed by atoms with E-state index in [1.54, 1.807) is 17.0 Å². The van der Waals surface area contributed by atoms with Gasteiger partial charge in [0.25, 0.3) is 0 Å². The maximum Gasteiger partial charge on any atom is 0.240 e. The highest BCUT2D eigenvalue weighted by Gasteiger charge is 2.19. The average molecular weight is 398 g/mol. The van der Waals surface area contributed by atoms with Crippen LogP contribution in [0.5, 0.6) is 0 Å². The molecule has 2 aromatic heterocycles. The number of halogens is 2. The maximum atomic E-state index is 14.0. The van der Waals surface area contributed by atoms with Crippen molar-refractivity contribution < 1.29 is 13.6 Å². The fourth-order valence-corrected chi connectivity index (χ4v) is 3.65. The lowest BCUT2D eigenvalue weighted by atomic mass is 10.1. The number of fused-ring (bicyclic) bond motifs is 1. The van der Waals surface area contributed by atoms with Gasteiger partial charge >= 0.3 is 0 Å². The molecule has 8 heteroatoms. The molecule has 1 N–H and O–H groups in total. The van der Waals surface area contributed by atoms with Crippen LogP contribution in [0.1, 0.15) is 18.5 Å². The van der Waals surface area contributed by atoms with Crippen LogP contribution in [0.2, 0.25) is 0 Å². The van der Waals surface area contributed by atoms with Gasteiger partial charge in [-0.15, -0.1) is 11.3 Å². The Morgan fingerprint density at radius 1 is 1.25 bits per heavy atom. The fraction of sp³-hybridized carbons (Fsp3) is 0.150. The molecule has 2 heterocycles. The van der Waals surface area contributed by atoms with Crippen molar-refractivity contribution in [2.75, 3.05) is 0 Å². The monoisotopic (exact) mass is 398 g/mol. The van der Waals surface area contributed by atoms with Gasteiger partial charge in [0, 0.05) is 17.0 Å². The van der Waals surface area contributed by atoms with Gasteiger partial charge in [0.2, 0.25) is 5.91 Å². The number of amides is 1. The number of imidazole rings is 1. The number of carbonyl (C=O) groups is 1. The van der Waals surface area contributed by atoms with Crippen molar-refractivity contribution in [3.05, 3.63) is 70.6 Å². The first-order valence-corrected chi connectivity index (χ1v) is 9.55. The van der Waals surface area contributed by atoms with Gasteiger partial charge < -0.3 is 9.88 Å². The highest BCUT2D eigenvalue weighted by molar-refractivity contribution is 7.07. The van der Waals surface area contributed by atoms with Gasteiger partial charge in [0.1, 0.15) is 23.9 Å². The maximum absolute atomic E-state index is 14.0. The third-order valence-electron chi connectivity index (χ3n) is 4.42. The van der Waals surface area contributed by atoms with Crippen LogP contribution in [-0.4, -0.2) is 20.4 Å². The van der Waals surface area contributed by atoms with Crippen LogP contribution < -0.4 is 5.32 Å². The summed E-state index contributed by atoms with van der Waals surface area (Å²) in [5.41, 5.74) is 4.19. The van der Waals surface area contributed by atoms with Crippen molar-refractivity contribution in [2.45, 2.75) is 19.5 Å². The summed E-state index contributed by atoms with van der Waals surface area (Å²) in [6, 6.07) is 10.2. The Bertz CT molecular complexity index is 1140. The Morgan fingerprint density at radius 2 is 2.07 bits per heavy atom. The van der Waals surface area contributed by atoms with E-state index in [9.17, 15) is 13.6 Å². The highest BCUT2D eigenvalue weighted by atomic mass is 32.1. The standard InChI is InChI=1S/C20H16F2N4OS/c1-12(14-7-6-13(21)8-15(14)22)24-19(27)9-26-18-5-3-2-4-16(18)25-20(26)17-10-28-11-23-17/h2-8,10-12H,9H2,1H3,(H,24,27)/t12-/m0/s1. The predicted molar refractivity (Wildman–Crippen MR) is 104 cm³/mol. The number of para-hydroxylation sites is 2. The molecule has 142 valence electrons. The lowest BCUT2D eigenvalue weighted by molar-refractivity contribution is -0.122. The Kier molecular flexibility index (Phi) is 4.87. The minimum absolute atomic E-state index is 0.000523. The smallest absolute Gasteiger partial charge is 0.240 e. The van der Waals surface area contributed by atoms with E-state index in [1.165, 1.54) is 23.5 Å². The minimum Gasteiger partial charge on any atom is -0.348 e. The molecule has 28 heavy (non-hydrogen) atoms. The molecule has 0 saturated carbocycles. The normalized spacial score (nSPS) is 12.2. The van der Waals surface area contributed by atoms with Crippen molar-refractivity contribution in [3.8, 4) is 11.5 Å². The molecule has 0 saturated heterocycles. The molecule has 1 atom stereocenters. The molecular formula is C20H16F2N4OS. The summed E-state index contributed by atoms with van der Waals surface area (Å²) in [5.74, 6) is -1.06. The summed E-state index contributed by atoms with van der Waals surface area (Å²) < 4.78 is 28.9. The highest BCUT2D eigenvalue weighted by Crippen LogP contribution is 2.25. The van der Waals surface area contributed by atoms with Crippen molar-refractivity contribution in [2.24, 2.45) is 0 Å². The van der Waals surface area contributed by atoms with E-state index < -0.39 is 17.7 Å². The third-order valence-corrected chi connectivity index (χ3v) is 5.01. The molecule has 0 fully saturated rings. The number of hydrogen-bond acceptors (Lipinski definition) is 4. The van der Waals surface area contributed by atoms with Crippen LogP contribution in [0.4, 0.5) is 8.78 Å². The van der Waals surface area contributed by atoms with Gasteiger partial charge in [-0.05, 0) is 25.1 Å². The van der Waals surface area contributed by atoms with E-state index in [1.807, 2.05) is 29.6 Å². The van der Waals surface area contributed by atoms with Crippen molar-refractivity contribution in [1.29, 1.82) is 0 Å². The molecule has 4 aromatic rings. The van der Waals surface area contributed by atoms with Crippen molar-refractivity contribution in [3.63, 3.8) is 0 Å². The first kappa shape index (κ1) is 18.2. The lowest BCUT2D eigenvalue weighted by Crippen LogP contribution is -2.30. The van der Waals surface area contributed by atoms with E-state index in [2.05, 4.69) is 15.3 Å². The van der Waals surface area contributed by atoms with E-state index in [0.29, 0.717) is 11.5 Å². The summed E-state index contributed by atoms with van der Waals surface area (Å²) in [4.78, 5) is 21.6. The van der Waals surface area contributed by atoms with E-state index in [-0.39, 0.29) is 18.0 Å². The van der Waals surface area contributed by atoms with Gasteiger partial charge in [-0.1, -0.05) is 18.2 Å². The second kappa shape index (κ2) is 7.47. The Labute approximate surface area is 163 Å². The van der Waals surface area contributed by atoms with Gasteiger partial charge in [-0.3, -0.25) is 4.79 Å². The molecule has 0 unspecified atom stereocenters. The Morgan fingerprint density at radius 3 is 2.82 bits per heavy atom.